The Morgan fingerprint density at radius 3 is 2.50 bits per heavy atom. The van der Waals surface area contributed by atoms with E-state index in [0.29, 0.717) is 13.0 Å². The van der Waals surface area contributed by atoms with E-state index in [-0.39, 0.29) is 6.61 Å². The van der Waals surface area contributed by atoms with Crippen LogP contribution in [0.2, 0.25) is 0 Å². The number of carboxylic acids is 1. The lowest BCUT2D eigenvalue weighted by Crippen LogP contribution is -2.52. The second-order valence-electron chi connectivity index (χ2n) is 4.83. The van der Waals surface area contributed by atoms with E-state index >= 15 is 0 Å². The molecule has 0 aliphatic heterocycles. The summed E-state index contributed by atoms with van der Waals surface area (Å²) < 4.78 is 5.26. The maximum atomic E-state index is 11.6. The van der Waals surface area contributed by atoms with Crippen molar-refractivity contribution < 1.29 is 19.4 Å². The van der Waals surface area contributed by atoms with Crippen LogP contribution in [0.25, 0.3) is 0 Å². The van der Waals surface area contributed by atoms with Gasteiger partial charge in [-0.2, -0.15) is 0 Å². The van der Waals surface area contributed by atoms with Crippen LogP contribution in [0.1, 0.15) is 25.8 Å². The summed E-state index contributed by atoms with van der Waals surface area (Å²) in [5.74, 6) is -1.46. The summed E-state index contributed by atoms with van der Waals surface area (Å²) in [6, 6.07) is 9.81. The highest BCUT2D eigenvalue weighted by molar-refractivity contribution is 5.87. The lowest BCUT2D eigenvalue weighted by molar-refractivity contribution is -0.147. The smallest absolute Gasteiger partial charge is 0.329 e. The first-order chi connectivity index (χ1) is 9.48. The zero-order chi connectivity index (χ0) is 15.0. The Bertz CT molecular complexity index is 446. The summed E-state index contributed by atoms with van der Waals surface area (Å²) in [5.41, 5.74) is -0.100. The van der Waals surface area contributed by atoms with E-state index in [4.69, 9.17) is 9.84 Å². The third-order valence-electron chi connectivity index (χ3n) is 3.21. The number of carbonyl (C=O) groups is 2. The third-order valence-corrected chi connectivity index (χ3v) is 3.21. The van der Waals surface area contributed by atoms with Gasteiger partial charge in [0, 0.05) is 0 Å². The van der Waals surface area contributed by atoms with Gasteiger partial charge in [-0.3, -0.25) is 4.79 Å². The third kappa shape index (κ3) is 5.01. The summed E-state index contributed by atoms with van der Waals surface area (Å²) in [6.45, 7) is 3.49. The quantitative estimate of drug-likeness (QED) is 0.709. The van der Waals surface area contributed by atoms with Crippen molar-refractivity contribution in [1.29, 1.82) is 0 Å². The van der Waals surface area contributed by atoms with Crippen molar-refractivity contribution in [3.05, 3.63) is 35.9 Å². The molecule has 110 valence electrons. The zero-order valence-electron chi connectivity index (χ0n) is 11.9. The Kier molecular flexibility index (Phi) is 6.18. The molecule has 1 unspecified atom stereocenters. The van der Waals surface area contributed by atoms with Gasteiger partial charge in [0.25, 0.3) is 0 Å². The van der Waals surface area contributed by atoms with E-state index in [0.717, 1.165) is 12.0 Å². The van der Waals surface area contributed by atoms with Crippen molar-refractivity contribution in [3.8, 4) is 0 Å². The van der Waals surface area contributed by atoms with Crippen LogP contribution in [0.5, 0.6) is 0 Å². The Labute approximate surface area is 118 Å². The predicted molar refractivity (Wildman–Crippen MR) is 75.4 cm³/mol. The molecule has 0 heterocycles. The number of ether oxygens (including phenoxy) is 1. The summed E-state index contributed by atoms with van der Waals surface area (Å²) in [7, 11) is 0. The van der Waals surface area contributed by atoms with Gasteiger partial charge in [-0.25, -0.2) is 4.79 Å². The van der Waals surface area contributed by atoms with Crippen LogP contribution in [0.15, 0.2) is 30.3 Å². The summed E-state index contributed by atoms with van der Waals surface area (Å²) in [4.78, 5) is 22.7. The lowest BCUT2D eigenvalue weighted by Gasteiger charge is -2.24. The largest absolute Gasteiger partial charge is 0.480 e. The number of hydrogen-bond donors (Lipinski definition) is 2. The van der Waals surface area contributed by atoms with Crippen LogP contribution in [0.4, 0.5) is 0 Å². The van der Waals surface area contributed by atoms with Crippen molar-refractivity contribution in [2.75, 3.05) is 13.2 Å². The molecule has 0 spiro atoms. The monoisotopic (exact) mass is 279 g/mol. The number of nitrogens with one attached hydrogen (secondary N) is 1. The molecule has 0 bridgehead atoms. The second-order valence-corrected chi connectivity index (χ2v) is 4.83. The minimum absolute atomic E-state index is 0.129. The topological polar surface area (TPSA) is 75.6 Å². The van der Waals surface area contributed by atoms with Gasteiger partial charge in [-0.1, -0.05) is 37.3 Å². The Balaban J connectivity index is 2.28. The van der Waals surface area contributed by atoms with Crippen LogP contribution < -0.4 is 5.32 Å². The molecular weight excluding hydrogens is 258 g/mol. The average Bonchev–Trinajstić information content (AvgIpc) is 2.44. The molecule has 0 aliphatic rings. The summed E-state index contributed by atoms with van der Waals surface area (Å²) >= 11 is 0. The Morgan fingerprint density at radius 2 is 1.95 bits per heavy atom. The molecule has 1 aromatic rings. The van der Waals surface area contributed by atoms with Crippen LogP contribution in [0, 0.1) is 0 Å². The van der Waals surface area contributed by atoms with Crippen molar-refractivity contribution in [2.24, 2.45) is 0 Å². The average molecular weight is 279 g/mol. The van der Waals surface area contributed by atoms with Gasteiger partial charge in [0.15, 0.2) is 0 Å². The Hall–Kier alpha value is -1.88. The fourth-order valence-corrected chi connectivity index (χ4v) is 1.64. The van der Waals surface area contributed by atoms with Crippen LogP contribution in [-0.4, -0.2) is 35.7 Å². The number of amides is 1. The van der Waals surface area contributed by atoms with E-state index in [1.807, 2.05) is 30.3 Å². The summed E-state index contributed by atoms with van der Waals surface area (Å²) in [5, 5.41) is 11.5. The van der Waals surface area contributed by atoms with Gasteiger partial charge in [-0.05, 0) is 25.3 Å². The molecule has 0 fully saturated rings. The van der Waals surface area contributed by atoms with Gasteiger partial charge in [0.05, 0.1) is 6.61 Å². The molecule has 0 aromatic heterocycles. The van der Waals surface area contributed by atoms with Crippen molar-refractivity contribution >= 4 is 11.9 Å². The second kappa shape index (κ2) is 7.65. The highest BCUT2D eigenvalue weighted by Crippen LogP contribution is 2.08. The van der Waals surface area contributed by atoms with Crippen LogP contribution in [-0.2, 0) is 20.7 Å². The molecule has 5 nitrogen and oxygen atoms in total. The zero-order valence-corrected chi connectivity index (χ0v) is 11.9. The maximum Gasteiger partial charge on any atom is 0.329 e. The van der Waals surface area contributed by atoms with Crippen molar-refractivity contribution in [1.82, 2.24) is 5.32 Å². The lowest BCUT2D eigenvalue weighted by atomic mass is 9.99. The normalized spacial score (nSPS) is 13.5. The number of hydrogen-bond acceptors (Lipinski definition) is 3. The van der Waals surface area contributed by atoms with Crippen molar-refractivity contribution in [2.45, 2.75) is 32.2 Å². The molecule has 0 saturated carbocycles. The summed E-state index contributed by atoms with van der Waals surface area (Å²) in [6.07, 6.45) is 1.04. The van der Waals surface area contributed by atoms with E-state index in [1.54, 1.807) is 6.92 Å². The highest BCUT2D eigenvalue weighted by Gasteiger charge is 2.32. The first-order valence-electron chi connectivity index (χ1n) is 6.64. The number of rotatable bonds is 8. The highest BCUT2D eigenvalue weighted by atomic mass is 16.5. The van der Waals surface area contributed by atoms with Crippen LogP contribution >= 0.6 is 0 Å². The van der Waals surface area contributed by atoms with Gasteiger partial charge in [0.2, 0.25) is 5.91 Å². The van der Waals surface area contributed by atoms with Crippen molar-refractivity contribution in [3.63, 3.8) is 0 Å². The molecule has 2 N–H and O–H groups in total. The molecule has 1 rings (SSSR count). The SMILES string of the molecule is CCC(C)(NC(=O)COCCc1ccccc1)C(=O)O. The Morgan fingerprint density at radius 1 is 1.30 bits per heavy atom. The predicted octanol–water partition coefficient (Wildman–Crippen LogP) is 1.62. The molecule has 20 heavy (non-hydrogen) atoms. The molecule has 0 radical (unpaired) electrons. The molecule has 5 heteroatoms. The molecule has 1 aromatic carbocycles. The van der Waals surface area contributed by atoms with E-state index in [9.17, 15) is 9.59 Å². The number of benzene rings is 1. The van der Waals surface area contributed by atoms with Gasteiger partial charge >= 0.3 is 5.97 Å². The van der Waals surface area contributed by atoms with E-state index in [2.05, 4.69) is 5.32 Å². The number of carboxylic acid groups (broad SMARTS) is 1. The standard InChI is InChI=1S/C15H21NO4/c1-3-15(2,14(18)19)16-13(17)11-20-10-9-12-7-5-4-6-8-12/h4-8H,3,9-11H2,1-2H3,(H,16,17)(H,18,19). The van der Waals surface area contributed by atoms with Crippen LogP contribution in [0.3, 0.4) is 0 Å². The molecule has 0 saturated heterocycles. The van der Waals surface area contributed by atoms with E-state index in [1.165, 1.54) is 6.92 Å². The minimum atomic E-state index is -1.24. The minimum Gasteiger partial charge on any atom is -0.480 e. The first kappa shape index (κ1) is 16.2. The fraction of sp³-hybridized carbons (Fsp3) is 0.467. The van der Waals surface area contributed by atoms with Gasteiger partial charge in [0.1, 0.15) is 12.1 Å². The molecule has 1 atom stereocenters. The molecule has 0 aliphatic carbocycles. The van der Waals surface area contributed by atoms with Gasteiger partial charge < -0.3 is 15.2 Å². The van der Waals surface area contributed by atoms with Gasteiger partial charge in [-0.15, -0.1) is 0 Å². The van der Waals surface area contributed by atoms with E-state index < -0.39 is 17.4 Å². The number of aliphatic carboxylic acids is 1. The molecular formula is C15H21NO4. The fourth-order valence-electron chi connectivity index (χ4n) is 1.64. The maximum absolute atomic E-state index is 11.6. The number of carbonyl (C=O) groups excluding carboxylic acids is 1. The first-order valence-corrected chi connectivity index (χ1v) is 6.64. The molecule has 1 amide bonds.